The molecule has 1 heterocycles. The summed E-state index contributed by atoms with van der Waals surface area (Å²) >= 11 is 10.9. The van der Waals surface area contributed by atoms with Gasteiger partial charge in [-0.15, -0.1) is 0 Å². The van der Waals surface area contributed by atoms with Crippen LogP contribution < -0.4 is 0 Å². The van der Waals surface area contributed by atoms with E-state index in [1.807, 2.05) is 96.1 Å². The van der Waals surface area contributed by atoms with Gasteiger partial charge in [-0.25, -0.2) is 25.3 Å². The Kier molecular flexibility index (Phi) is 16.5. The highest BCUT2D eigenvalue weighted by atomic mass is 79.9. The highest BCUT2D eigenvalue weighted by Crippen LogP contribution is 2.28. The molecule has 0 N–H and O–H groups in total. The summed E-state index contributed by atoms with van der Waals surface area (Å²) in [6.45, 7) is 12.4. The minimum atomic E-state index is -3.74. The molecule has 0 amide bonds. The first kappa shape index (κ1) is 45.5. The number of fused-ring (bicyclic) bond motifs is 6. The van der Waals surface area contributed by atoms with Crippen LogP contribution in [0.15, 0.2) is 68.0 Å². The predicted octanol–water partition coefficient (Wildman–Crippen LogP) is 9.42. The van der Waals surface area contributed by atoms with Gasteiger partial charge in [0.15, 0.2) is 0 Å². The van der Waals surface area contributed by atoms with E-state index in [9.17, 15) is 25.3 Å². The van der Waals surface area contributed by atoms with Crippen LogP contribution in [0.4, 0.5) is 0 Å². The number of hydrogen-bond donors (Lipinski definition) is 0. The summed E-state index contributed by atoms with van der Waals surface area (Å²) in [5, 5.41) is 0. The Bertz CT molecular complexity index is 1780. The summed E-state index contributed by atoms with van der Waals surface area (Å²) in [4.78, 5) is 0. The summed E-state index contributed by atoms with van der Waals surface area (Å²) in [5.74, 6) is 0.476. The predicted molar refractivity (Wildman–Crippen MR) is 230 cm³/mol. The quantitative estimate of drug-likeness (QED) is 0.179. The molecule has 0 fully saturated rings. The molecule has 0 atom stereocenters. The lowest BCUT2D eigenvalue weighted by Crippen LogP contribution is -2.34. The van der Waals surface area contributed by atoms with Gasteiger partial charge in [-0.3, -0.25) is 0 Å². The largest absolute Gasteiger partial charge is 0.214 e. The van der Waals surface area contributed by atoms with Crippen LogP contribution in [0.5, 0.6) is 0 Å². The number of halogens is 3. The average molecular weight is 997 g/mol. The Morgan fingerprint density at radius 3 is 0.759 bits per heavy atom. The maximum absolute atomic E-state index is 14.0. The average Bonchev–Trinajstić information content (AvgIpc) is 3.04. The second-order valence-electron chi connectivity index (χ2n) is 15.7. The first-order valence-electron chi connectivity index (χ1n) is 18.4. The fourth-order valence-electron chi connectivity index (χ4n) is 6.22. The molecule has 300 valence electrons. The molecule has 0 radical (unpaired) electrons. The molecule has 9 nitrogen and oxygen atoms in total. The van der Waals surface area contributed by atoms with Crippen molar-refractivity contribution in [2.75, 3.05) is 17.3 Å². The summed E-state index contributed by atoms with van der Waals surface area (Å²) in [5.41, 5.74) is 4.31. The Morgan fingerprint density at radius 2 is 0.593 bits per heavy atom. The molecule has 3 aromatic rings. The van der Waals surface area contributed by atoms with Gasteiger partial charge in [0.2, 0.25) is 30.1 Å². The summed E-state index contributed by atoms with van der Waals surface area (Å²) in [7, 11) is -11.2. The van der Waals surface area contributed by atoms with Gasteiger partial charge in [0.25, 0.3) is 0 Å². The molecule has 4 rings (SSSR count). The van der Waals surface area contributed by atoms with Crippen molar-refractivity contribution in [3.8, 4) is 0 Å². The molecule has 15 heteroatoms. The monoisotopic (exact) mass is 993 g/mol. The molecular formula is C39H54Br3N3O6S3. The van der Waals surface area contributed by atoms with E-state index >= 15 is 0 Å². The van der Waals surface area contributed by atoms with Crippen molar-refractivity contribution >= 4 is 77.9 Å². The van der Waals surface area contributed by atoms with Gasteiger partial charge in [-0.1, -0.05) is 108 Å². The van der Waals surface area contributed by atoms with Crippen LogP contribution in [0.25, 0.3) is 0 Å². The van der Waals surface area contributed by atoms with Crippen LogP contribution in [0.2, 0.25) is 0 Å². The second-order valence-corrected chi connectivity index (χ2v) is 24.7. The van der Waals surface area contributed by atoms with Gasteiger partial charge in [0.1, 0.15) is 0 Å². The maximum Gasteiger partial charge on any atom is 0.214 e. The molecule has 54 heavy (non-hydrogen) atoms. The van der Waals surface area contributed by atoms with Crippen LogP contribution in [0.1, 0.15) is 94.2 Å². The van der Waals surface area contributed by atoms with Crippen molar-refractivity contribution in [3.63, 3.8) is 0 Å². The van der Waals surface area contributed by atoms with E-state index in [2.05, 4.69) is 47.8 Å². The molecule has 0 saturated carbocycles. The van der Waals surface area contributed by atoms with Crippen molar-refractivity contribution in [2.45, 2.75) is 100 Å². The number of nitrogens with zero attached hydrogens (tertiary/aromatic N) is 3. The van der Waals surface area contributed by atoms with Gasteiger partial charge in [-0.2, -0.15) is 12.9 Å². The molecule has 3 aromatic carbocycles. The lowest BCUT2D eigenvalue weighted by Gasteiger charge is -2.27. The molecule has 1 aliphatic heterocycles. The van der Waals surface area contributed by atoms with Crippen LogP contribution in [-0.4, -0.2) is 55.4 Å². The lowest BCUT2D eigenvalue weighted by molar-refractivity contribution is 0.388. The van der Waals surface area contributed by atoms with Gasteiger partial charge >= 0.3 is 0 Å². The van der Waals surface area contributed by atoms with E-state index in [0.29, 0.717) is 19.3 Å². The first-order chi connectivity index (χ1) is 25.1. The number of benzene rings is 3. The van der Waals surface area contributed by atoms with Gasteiger partial charge < -0.3 is 0 Å². The molecule has 6 bridgehead atoms. The molecule has 0 aliphatic carbocycles. The Morgan fingerprint density at radius 1 is 0.407 bits per heavy atom. The molecule has 0 aromatic heterocycles. The Hall–Kier alpha value is -1.17. The van der Waals surface area contributed by atoms with Gasteiger partial charge in [0.05, 0.1) is 17.3 Å². The van der Waals surface area contributed by atoms with Crippen molar-refractivity contribution in [1.82, 2.24) is 12.9 Å². The van der Waals surface area contributed by atoms with E-state index in [1.54, 1.807) is 0 Å². The smallest absolute Gasteiger partial charge is 0.212 e. The summed E-state index contributed by atoms with van der Waals surface area (Å²) in [6, 6.07) is 16.9. The van der Waals surface area contributed by atoms with Gasteiger partial charge in [-0.05, 0) is 107 Å². The number of sulfonamides is 3. The first-order valence-corrected chi connectivity index (χ1v) is 25.6. The zero-order valence-corrected chi connectivity index (χ0v) is 39.3. The second kappa shape index (κ2) is 19.5. The topological polar surface area (TPSA) is 112 Å². The van der Waals surface area contributed by atoms with E-state index in [0.717, 1.165) is 46.8 Å². The van der Waals surface area contributed by atoms with Crippen molar-refractivity contribution in [3.05, 3.63) is 101 Å². The third kappa shape index (κ3) is 14.0. The maximum atomic E-state index is 14.0. The molecule has 0 saturated heterocycles. The number of rotatable bonds is 12. The normalized spacial score (nSPS) is 16.2. The Balaban J connectivity index is 1.93. The van der Waals surface area contributed by atoms with Gasteiger partial charge in [0, 0.05) is 52.7 Å². The third-order valence-electron chi connectivity index (χ3n) is 9.25. The standard InChI is InChI=1S/C39H54Br3N3O6S3/c1-28(2)7-10-52(46,47)43-22-31-13-33(18-37(40)16-31)24-44(53(48,49)11-8-29(3)4)26-35-15-36(21-39(42)20-35)27-45(54(50,51)12-9-30(5)6)25-34-14-32(23-43)17-38(41)19-34/h13-21,28-30H,7-12,22-27H2,1-6H3. The third-order valence-corrected chi connectivity index (χ3v) is 16.0. The van der Waals surface area contributed by atoms with E-state index < -0.39 is 30.1 Å². The zero-order valence-electron chi connectivity index (χ0n) is 32.1. The van der Waals surface area contributed by atoms with Crippen LogP contribution in [0.3, 0.4) is 0 Å². The van der Waals surface area contributed by atoms with E-state index in [-0.39, 0.29) is 74.3 Å². The minimum absolute atomic E-state index is 0.0244. The molecule has 0 unspecified atom stereocenters. The van der Waals surface area contributed by atoms with E-state index in [1.165, 1.54) is 12.9 Å². The van der Waals surface area contributed by atoms with Crippen LogP contribution >= 0.6 is 47.8 Å². The zero-order chi connectivity index (χ0) is 40.0. The van der Waals surface area contributed by atoms with Crippen molar-refractivity contribution in [1.29, 1.82) is 0 Å². The highest BCUT2D eigenvalue weighted by molar-refractivity contribution is 9.11. The fourth-order valence-corrected chi connectivity index (χ4v) is 13.1. The molecular weight excluding hydrogens is 942 g/mol. The SMILES string of the molecule is CC(C)CCS(=O)(=O)N1Cc2cc(Br)cc(c2)CN(S(=O)(=O)CCC(C)C)Cc2cc(Br)cc(c2)CN(S(=O)(=O)CCC(C)C)Cc2cc(Br)cc(c2)C1. The molecule has 1 aliphatic rings. The van der Waals surface area contributed by atoms with Crippen LogP contribution in [0, 0.1) is 17.8 Å². The van der Waals surface area contributed by atoms with Crippen molar-refractivity contribution < 1.29 is 25.3 Å². The highest BCUT2D eigenvalue weighted by Gasteiger charge is 2.28. The Labute approximate surface area is 349 Å². The minimum Gasteiger partial charge on any atom is -0.212 e. The summed E-state index contributed by atoms with van der Waals surface area (Å²) < 4.78 is 90.8. The lowest BCUT2D eigenvalue weighted by atomic mass is 10.1. The van der Waals surface area contributed by atoms with Crippen molar-refractivity contribution in [2.24, 2.45) is 17.8 Å². The fraction of sp³-hybridized carbons (Fsp3) is 0.538. The van der Waals surface area contributed by atoms with Crippen LogP contribution in [-0.2, 0) is 69.3 Å². The van der Waals surface area contributed by atoms with E-state index in [4.69, 9.17) is 0 Å². The summed E-state index contributed by atoms with van der Waals surface area (Å²) in [6.07, 6.45) is 1.48. The number of hydrogen-bond acceptors (Lipinski definition) is 6. The molecule has 0 spiro atoms.